The fraction of sp³-hybridized carbons (Fsp3) is 0.909. The molecule has 0 aromatic heterocycles. The Hall–Kier alpha value is -0.650. The van der Waals surface area contributed by atoms with Crippen LogP contribution in [-0.2, 0) is 19.0 Å². The number of ether oxygens (including phenoxy) is 3. The van der Waals surface area contributed by atoms with E-state index in [0.717, 1.165) is 0 Å². The molecular formula is C11H23NO4. The summed E-state index contributed by atoms with van der Waals surface area (Å²) in [5.74, 6) is -0.372. The maximum absolute atomic E-state index is 11.2. The maximum Gasteiger partial charge on any atom is 0.322 e. The van der Waals surface area contributed by atoms with Crippen LogP contribution < -0.4 is 5.73 Å². The van der Waals surface area contributed by atoms with Crippen molar-refractivity contribution in [3.63, 3.8) is 0 Å². The molecule has 5 nitrogen and oxygen atoms in total. The van der Waals surface area contributed by atoms with E-state index in [1.54, 1.807) is 6.92 Å². The zero-order valence-electron chi connectivity index (χ0n) is 10.4. The highest BCUT2D eigenvalue weighted by Gasteiger charge is 2.14. The summed E-state index contributed by atoms with van der Waals surface area (Å²) < 4.78 is 15.4. The normalized spacial score (nSPS) is 14.5. The average molecular weight is 233 g/mol. The Kier molecular flexibility index (Phi) is 9.18. The average Bonchev–Trinajstić information content (AvgIpc) is 2.26. The lowest BCUT2D eigenvalue weighted by Crippen LogP contribution is -2.34. The molecule has 2 unspecified atom stereocenters. The van der Waals surface area contributed by atoms with Gasteiger partial charge in [0.25, 0.3) is 0 Å². The molecule has 0 rings (SSSR count). The Morgan fingerprint density at radius 3 is 2.56 bits per heavy atom. The van der Waals surface area contributed by atoms with E-state index in [1.807, 2.05) is 13.8 Å². The number of rotatable bonds is 9. The molecule has 0 saturated carbocycles. The molecule has 0 aliphatic carbocycles. The Bertz CT molecular complexity index is 187. The van der Waals surface area contributed by atoms with Gasteiger partial charge in [0.05, 0.1) is 19.3 Å². The van der Waals surface area contributed by atoms with E-state index in [2.05, 4.69) is 0 Å². The molecule has 0 saturated heterocycles. The van der Waals surface area contributed by atoms with E-state index >= 15 is 0 Å². The molecule has 2 atom stereocenters. The number of hydrogen-bond acceptors (Lipinski definition) is 5. The molecule has 0 fully saturated rings. The van der Waals surface area contributed by atoms with Crippen molar-refractivity contribution in [1.29, 1.82) is 0 Å². The molecule has 5 heteroatoms. The van der Waals surface area contributed by atoms with E-state index in [0.29, 0.717) is 32.8 Å². The Labute approximate surface area is 97.2 Å². The van der Waals surface area contributed by atoms with Crippen LogP contribution in [0.3, 0.4) is 0 Å². The molecule has 2 N–H and O–H groups in total. The lowest BCUT2D eigenvalue weighted by Gasteiger charge is -2.14. The molecular weight excluding hydrogens is 210 g/mol. The SMILES string of the molecule is CCOCC(C)OCCC(N)C(=O)OCC. The van der Waals surface area contributed by atoms with Crippen LogP contribution in [0.15, 0.2) is 0 Å². The monoisotopic (exact) mass is 233 g/mol. The minimum atomic E-state index is -0.598. The van der Waals surface area contributed by atoms with Gasteiger partial charge in [0.2, 0.25) is 0 Å². The fourth-order valence-electron chi connectivity index (χ4n) is 1.10. The van der Waals surface area contributed by atoms with Gasteiger partial charge in [0.1, 0.15) is 6.04 Å². The van der Waals surface area contributed by atoms with Gasteiger partial charge >= 0.3 is 5.97 Å². The molecule has 0 aromatic rings. The molecule has 0 heterocycles. The zero-order valence-corrected chi connectivity index (χ0v) is 10.4. The molecule has 0 aliphatic heterocycles. The van der Waals surface area contributed by atoms with Crippen LogP contribution >= 0.6 is 0 Å². The summed E-state index contributed by atoms with van der Waals surface area (Å²) in [7, 11) is 0. The van der Waals surface area contributed by atoms with Gasteiger partial charge in [-0.15, -0.1) is 0 Å². The molecule has 0 radical (unpaired) electrons. The van der Waals surface area contributed by atoms with E-state index in [4.69, 9.17) is 19.9 Å². The van der Waals surface area contributed by atoms with Crippen LogP contribution in [0.4, 0.5) is 0 Å². The Balaban J connectivity index is 3.53. The third-order valence-electron chi connectivity index (χ3n) is 1.98. The summed E-state index contributed by atoms with van der Waals surface area (Å²) in [6.45, 7) is 7.64. The smallest absolute Gasteiger partial charge is 0.322 e. The van der Waals surface area contributed by atoms with Crippen LogP contribution in [0.1, 0.15) is 27.2 Å². The largest absolute Gasteiger partial charge is 0.465 e. The first kappa shape index (κ1) is 15.3. The van der Waals surface area contributed by atoms with Crippen molar-refractivity contribution in [2.45, 2.75) is 39.3 Å². The van der Waals surface area contributed by atoms with Gasteiger partial charge < -0.3 is 19.9 Å². The van der Waals surface area contributed by atoms with Crippen molar-refractivity contribution in [2.24, 2.45) is 5.73 Å². The molecule has 16 heavy (non-hydrogen) atoms. The topological polar surface area (TPSA) is 70.8 Å². The van der Waals surface area contributed by atoms with Gasteiger partial charge in [-0.05, 0) is 27.2 Å². The Morgan fingerprint density at radius 1 is 1.31 bits per heavy atom. The molecule has 0 bridgehead atoms. The van der Waals surface area contributed by atoms with E-state index in [-0.39, 0.29) is 12.1 Å². The first-order valence-electron chi connectivity index (χ1n) is 5.73. The molecule has 0 spiro atoms. The molecule has 0 amide bonds. The second-order valence-electron chi connectivity index (χ2n) is 3.49. The number of nitrogens with two attached hydrogens (primary N) is 1. The van der Waals surface area contributed by atoms with Crippen molar-refractivity contribution in [3.8, 4) is 0 Å². The molecule has 0 aliphatic rings. The third-order valence-corrected chi connectivity index (χ3v) is 1.98. The summed E-state index contributed by atoms with van der Waals surface area (Å²) in [5, 5.41) is 0. The van der Waals surface area contributed by atoms with Crippen molar-refractivity contribution in [3.05, 3.63) is 0 Å². The van der Waals surface area contributed by atoms with Crippen molar-refractivity contribution >= 4 is 5.97 Å². The summed E-state index contributed by atoms with van der Waals surface area (Å²) in [6.07, 6.45) is 0.490. The van der Waals surface area contributed by atoms with E-state index in [1.165, 1.54) is 0 Å². The highest BCUT2D eigenvalue weighted by Crippen LogP contribution is 1.97. The highest BCUT2D eigenvalue weighted by atomic mass is 16.5. The van der Waals surface area contributed by atoms with Gasteiger partial charge in [0.15, 0.2) is 0 Å². The third kappa shape index (κ3) is 7.62. The van der Waals surface area contributed by atoms with Gasteiger partial charge in [0, 0.05) is 13.2 Å². The van der Waals surface area contributed by atoms with Gasteiger partial charge in [-0.25, -0.2) is 0 Å². The summed E-state index contributed by atoms with van der Waals surface area (Å²) >= 11 is 0. The van der Waals surface area contributed by atoms with Gasteiger partial charge in [-0.2, -0.15) is 0 Å². The highest BCUT2D eigenvalue weighted by molar-refractivity contribution is 5.75. The lowest BCUT2D eigenvalue weighted by atomic mass is 10.2. The van der Waals surface area contributed by atoms with Crippen LogP contribution in [-0.4, -0.2) is 44.5 Å². The lowest BCUT2D eigenvalue weighted by molar-refractivity contribution is -0.145. The van der Waals surface area contributed by atoms with Crippen molar-refractivity contribution in [1.82, 2.24) is 0 Å². The minimum Gasteiger partial charge on any atom is -0.465 e. The van der Waals surface area contributed by atoms with Crippen molar-refractivity contribution < 1.29 is 19.0 Å². The second-order valence-corrected chi connectivity index (χ2v) is 3.49. The molecule has 96 valence electrons. The second kappa shape index (κ2) is 9.57. The van der Waals surface area contributed by atoms with E-state index < -0.39 is 6.04 Å². The predicted octanol–water partition coefficient (Wildman–Crippen LogP) is 0.709. The quantitative estimate of drug-likeness (QED) is 0.594. The summed E-state index contributed by atoms with van der Waals surface area (Å²) in [4.78, 5) is 11.2. The van der Waals surface area contributed by atoms with Gasteiger partial charge in [-0.1, -0.05) is 0 Å². The number of carbonyl (C=O) groups is 1. The standard InChI is InChI=1S/C11H23NO4/c1-4-14-8-9(3)16-7-6-10(12)11(13)15-5-2/h9-10H,4-8,12H2,1-3H3. The van der Waals surface area contributed by atoms with Crippen LogP contribution in [0.2, 0.25) is 0 Å². The first-order chi connectivity index (χ1) is 7.61. The maximum atomic E-state index is 11.2. The zero-order chi connectivity index (χ0) is 12.4. The van der Waals surface area contributed by atoms with Gasteiger partial charge in [-0.3, -0.25) is 4.79 Å². The number of hydrogen-bond donors (Lipinski definition) is 1. The molecule has 0 aromatic carbocycles. The van der Waals surface area contributed by atoms with E-state index in [9.17, 15) is 4.79 Å². The number of esters is 1. The summed E-state index contributed by atoms with van der Waals surface area (Å²) in [5.41, 5.74) is 5.60. The van der Waals surface area contributed by atoms with Crippen molar-refractivity contribution in [2.75, 3.05) is 26.4 Å². The van der Waals surface area contributed by atoms with Crippen LogP contribution in [0.25, 0.3) is 0 Å². The first-order valence-corrected chi connectivity index (χ1v) is 5.73. The van der Waals surface area contributed by atoms with Crippen LogP contribution in [0.5, 0.6) is 0 Å². The fourth-order valence-corrected chi connectivity index (χ4v) is 1.10. The Morgan fingerprint density at radius 2 is 2.00 bits per heavy atom. The minimum absolute atomic E-state index is 0.0225. The predicted molar refractivity (Wildman–Crippen MR) is 61.1 cm³/mol. The number of carbonyl (C=O) groups excluding carboxylic acids is 1. The summed E-state index contributed by atoms with van der Waals surface area (Å²) in [6, 6.07) is -0.598. The van der Waals surface area contributed by atoms with Crippen LogP contribution in [0, 0.1) is 0 Å².